The number of aliphatic hydroxyl groups excluding tert-OH is 4. The van der Waals surface area contributed by atoms with E-state index in [4.69, 9.17) is 21.7 Å². The Morgan fingerprint density at radius 2 is 1.85 bits per heavy atom. The molecule has 0 aromatic carbocycles. The second-order valence-electron chi connectivity index (χ2n) is 4.64. The van der Waals surface area contributed by atoms with Crippen LogP contribution in [0.2, 0.25) is 0 Å². The smallest absolute Gasteiger partial charge is 0.366 e. The zero-order valence-electron chi connectivity index (χ0n) is 10.2. The van der Waals surface area contributed by atoms with E-state index in [1.54, 1.807) is 0 Å². The highest BCUT2D eigenvalue weighted by Crippen LogP contribution is 2.33. The maximum absolute atomic E-state index is 11.0. The summed E-state index contributed by atoms with van der Waals surface area (Å²) in [5, 5.41) is 65.9. The third-order valence-corrected chi connectivity index (χ3v) is 3.23. The van der Waals surface area contributed by atoms with Gasteiger partial charge in [0.05, 0.1) is 6.61 Å². The van der Waals surface area contributed by atoms with Gasteiger partial charge >= 0.3 is 5.97 Å². The first-order chi connectivity index (χ1) is 9.00. The summed E-state index contributed by atoms with van der Waals surface area (Å²) in [6, 6.07) is -2.02. The van der Waals surface area contributed by atoms with E-state index in [9.17, 15) is 30.3 Å². The van der Waals surface area contributed by atoms with Crippen LogP contribution in [0.4, 0.5) is 0 Å². The monoisotopic (exact) mass is 298 g/mol. The van der Waals surface area contributed by atoms with Crippen molar-refractivity contribution in [3.63, 3.8) is 0 Å². The fourth-order valence-electron chi connectivity index (χ4n) is 1.88. The standard InChI is InChI=1S/C9H18N2O9/c10-4-5(15)8(11,18)6(3(14)2(13)1-12)20-9(4,19)7(16)17/h2-6,12-15,18-19H,1,10-11H2,(H,16,17)/t2-,3-,4?,5+,6+,8+,9?/m1/s1. The average molecular weight is 298 g/mol. The van der Waals surface area contributed by atoms with Gasteiger partial charge < -0.3 is 46.2 Å². The van der Waals surface area contributed by atoms with Crippen LogP contribution in [0.25, 0.3) is 0 Å². The number of carbonyl (C=O) groups is 1. The van der Waals surface area contributed by atoms with Crippen molar-refractivity contribution >= 4 is 5.97 Å². The van der Waals surface area contributed by atoms with E-state index in [0.29, 0.717) is 0 Å². The Balaban J connectivity index is 3.19. The van der Waals surface area contributed by atoms with Crippen LogP contribution < -0.4 is 11.5 Å². The second-order valence-corrected chi connectivity index (χ2v) is 4.64. The lowest BCUT2D eigenvalue weighted by atomic mass is 9.83. The predicted molar refractivity (Wildman–Crippen MR) is 59.7 cm³/mol. The summed E-state index contributed by atoms with van der Waals surface area (Å²) in [6.45, 7) is -0.968. The minimum absolute atomic E-state index is 0.968. The van der Waals surface area contributed by atoms with Crippen molar-refractivity contribution in [1.29, 1.82) is 0 Å². The Labute approximate surface area is 112 Å². The van der Waals surface area contributed by atoms with Crippen LogP contribution in [0.1, 0.15) is 0 Å². The van der Waals surface area contributed by atoms with E-state index in [1.807, 2.05) is 0 Å². The predicted octanol–water partition coefficient (Wildman–Crippen LogP) is -5.79. The molecule has 1 fully saturated rings. The second kappa shape index (κ2) is 5.48. The molecule has 0 radical (unpaired) electrons. The molecular formula is C9H18N2O9. The van der Waals surface area contributed by atoms with E-state index in [1.165, 1.54) is 0 Å². The summed E-state index contributed by atoms with van der Waals surface area (Å²) in [5.74, 6) is -5.14. The molecule has 1 heterocycles. The number of aliphatic hydroxyl groups is 6. The molecule has 0 aromatic heterocycles. The van der Waals surface area contributed by atoms with Crippen LogP contribution in [0.5, 0.6) is 0 Å². The Kier molecular flexibility index (Phi) is 4.70. The molecule has 1 aliphatic rings. The molecule has 11 heteroatoms. The van der Waals surface area contributed by atoms with Crippen molar-refractivity contribution in [2.24, 2.45) is 11.5 Å². The number of hydrogen-bond acceptors (Lipinski definition) is 10. The third kappa shape index (κ3) is 2.50. The SMILES string of the molecule is NC1[C@H](O)[C@](N)(O)[C@H]([C@H](O)[C@H](O)CO)OC1(O)C(=O)O. The van der Waals surface area contributed by atoms with Gasteiger partial charge in [0.2, 0.25) is 0 Å². The van der Waals surface area contributed by atoms with Crippen molar-refractivity contribution in [3.05, 3.63) is 0 Å². The zero-order chi connectivity index (χ0) is 15.9. The third-order valence-electron chi connectivity index (χ3n) is 3.23. The first kappa shape index (κ1) is 17.2. The van der Waals surface area contributed by atoms with Gasteiger partial charge in [0, 0.05) is 0 Å². The molecule has 11 N–H and O–H groups in total. The van der Waals surface area contributed by atoms with Gasteiger partial charge in [-0.15, -0.1) is 0 Å². The Bertz CT molecular complexity index is 378. The van der Waals surface area contributed by atoms with Gasteiger partial charge in [-0.05, 0) is 0 Å². The molecule has 0 saturated carbocycles. The molecule has 11 nitrogen and oxygen atoms in total. The highest BCUT2D eigenvalue weighted by Gasteiger charge is 2.63. The number of carboxylic acids is 1. The summed E-state index contributed by atoms with van der Waals surface area (Å²) >= 11 is 0. The summed E-state index contributed by atoms with van der Waals surface area (Å²) in [4.78, 5) is 11.0. The van der Waals surface area contributed by atoms with Gasteiger partial charge in [-0.25, -0.2) is 4.79 Å². The van der Waals surface area contributed by atoms with Crippen molar-refractivity contribution in [2.75, 3.05) is 6.61 Å². The van der Waals surface area contributed by atoms with Crippen LogP contribution in [0, 0.1) is 0 Å². The Hall–Kier alpha value is -0.890. The zero-order valence-corrected chi connectivity index (χ0v) is 10.2. The summed E-state index contributed by atoms with van der Waals surface area (Å²) < 4.78 is 4.59. The summed E-state index contributed by atoms with van der Waals surface area (Å²) in [5.41, 5.74) is 7.81. The van der Waals surface area contributed by atoms with E-state index < -0.39 is 54.5 Å². The van der Waals surface area contributed by atoms with Crippen molar-refractivity contribution in [3.8, 4) is 0 Å². The lowest BCUT2D eigenvalue weighted by Gasteiger charge is -2.50. The fraction of sp³-hybridized carbons (Fsp3) is 0.889. The van der Waals surface area contributed by atoms with E-state index in [-0.39, 0.29) is 0 Å². The molecular weight excluding hydrogens is 280 g/mol. The fourth-order valence-corrected chi connectivity index (χ4v) is 1.88. The quantitative estimate of drug-likeness (QED) is 0.222. The minimum Gasteiger partial charge on any atom is -0.477 e. The average Bonchev–Trinajstić information content (AvgIpc) is 2.39. The number of rotatable bonds is 4. The molecule has 7 atom stereocenters. The van der Waals surface area contributed by atoms with Gasteiger partial charge in [0.15, 0.2) is 5.72 Å². The molecule has 0 amide bonds. The molecule has 118 valence electrons. The molecule has 1 saturated heterocycles. The van der Waals surface area contributed by atoms with Crippen molar-refractivity contribution in [2.45, 2.75) is 42.0 Å². The number of aliphatic carboxylic acids is 1. The topological polar surface area (TPSA) is 220 Å². The lowest BCUT2D eigenvalue weighted by Crippen LogP contribution is -2.80. The van der Waals surface area contributed by atoms with Gasteiger partial charge in [-0.3, -0.25) is 5.73 Å². The van der Waals surface area contributed by atoms with Crippen LogP contribution in [0.3, 0.4) is 0 Å². The normalized spacial score (nSPS) is 44.9. The summed E-state index contributed by atoms with van der Waals surface area (Å²) in [6.07, 6.45) is -8.28. The van der Waals surface area contributed by atoms with Crippen molar-refractivity contribution in [1.82, 2.24) is 0 Å². The number of hydrogen-bond donors (Lipinski definition) is 9. The largest absolute Gasteiger partial charge is 0.477 e. The van der Waals surface area contributed by atoms with Gasteiger partial charge in [0.1, 0.15) is 30.5 Å². The van der Waals surface area contributed by atoms with Gasteiger partial charge in [-0.2, -0.15) is 0 Å². The van der Waals surface area contributed by atoms with Gasteiger partial charge in [0.25, 0.3) is 5.79 Å². The van der Waals surface area contributed by atoms with Gasteiger partial charge in [-0.1, -0.05) is 0 Å². The minimum atomic E-state index is -3.15. The van der Waals surface area contributed by atoms with E-state index in [2.05, 4.69) is 4.74 Å². The van der Waals surface area contributed by atoms with Crippen LogP contribution in [-0.4, -0.2) is 90.3 Å². The number of ether oxygens (including phenoxy) is 1. The maximum Gasteiger partial charge on any atom is 0.366 e. The lowest BCUT2D eigenvalue weighted by molar-refractivity contribution is -0.346. The molecule has 0 bridgehead atoms. The molecule has 20 heavy (non-hydrogen) atoms. The highest BCUT2D eigenvalue weighted by atomic mass is 16.7. The Morgan fingerprint density at radius 1 is 1.35 bits per heavy atom. The van der Waals surface area contributed by atoms with Crippen LogP contribution in [-0.2, 0) is 9.53 Å². The van der Waals surface area contributed by atoms with E-state index in [0.717, 1.165) is 0 Å². The van der Waals surface area contributed by atoms with Crippen molar-refractivity contribution < 1.29 is 45.3 Å². The molecule has 1 aliphatic heterocycles. The summed E-state index contributed by atoms with van der Waals surface area (Å²) in [7, 11) is 0. The molecule has 1 rings (SSSR count). The van der Waals surface area contributed by atoms with E-state index >= 15 is 0 Å². The first-order valence-corrected chi connectivity index (χ1v) is 5.55. The molecule has 2 unspecified atom stereocenters. The Morgan fingerprint density at radius 3 is 2.25 bits per heavy atom. The highest BCUT2D eigenvalue weighted by molar-refractivity contribution is 5.76. The molecule has 0 aromatic rings. The number of nitrogens with two attached hydrogens (primary N) is 2. The van der Waals surface area contributed by atoms with Crippen LogP contribution >= 0.6 is 0 Å². The maximum atomic E-state index is 11.0. The number of carboxylic acid groups (broad SMARTS) is 1. The van der Waals surface area contributed by atoms with Crippen LogP contribution in [0.15, 0.2) is 0 Å². The first-order valence-electron chi connectivity index (χ1n) is 5.55. The molecule has 0 aliphatic carbocycles. The molecule has 0 spiro atoms.